The van der Waals surface area contributed by atoms with Crippen LogP contribution in [0.1, 0.15) is 18.4 Å². The van der Waals surface area contributed by atoms with Gasteiger partial charge in [-0.2, -0.15) is 4.98 Å². The summed E-state index contributed by atoms with van der Waals surface area (Å²) in [7, 11) is 1.91. The molecule has 23 heavy (non-hydrogen) atoms. The monoisotopic (exact) mass is 318 g/mol. The van der Waals surface area contributed by atoms with Gasteiger partial charge in [0.05, 0.1) is 6.20 Å². The first-order chi connectivity index (χ1) is 11.1. The highest BCUT2D eigenvalue weighted by Gasteiger charge is 2.16. The highest BCUT2D eigenvalue weighted by atomic mass is 19.1. The number of hydrogen-bond acceptors (Lipinski definition) is 4. The molecule has 0 N–H and O–H groups in total. The molecule has 120 valence electrons. The van der Waals surface area contributed by atoms with E-state index in [-0.39, 0.29) is 24.3 Å². The van der Waals surface area contributed by atoms with Gasteiger partial charge in [0.15, 0.2) is 11.6 Å². The third-order valence-corrected chi connectivity index (χ3v) is 3.55. The van der Waals surface area contributed by atoms with Crippen molar-refractivity contribution in [3.8, 4) is 6.01 Å². The van der Waals surface area contributed by atoms with Crippen molar-refractivity contribution >= 4 is 11.7 Å². The molecule has 5 nitrogen and oxygen atoms in total. The second-order valence-corrected chi connectivity index (χ2v) is 5.29. The number of amidine groups is 1. The van der Waals surface area contributed by atoms with Crippen LogP contribution < -0.4 is 4.74 Å². The standard InChI is InChI=1S/C16H16F2N4O/c1-22-8-2-3-14(22)20-15-13(18)9-19-16(21-15)23-10-11-4-6-12(17)7-5-11/h4-7,9H,2-3,8,10H2,1H3/b20-14+. The zero-order valence-electron chi connectivity index (χ0n) is 12.7. The molecule has 2 heterocycles. The van der Waals surface area contributed by atoms with Crippen LogP contribution in [0.5, 0.6) is 6.01 Å². The Balaban J connectivity index is 1.73. The number of aliphatic imine (C=N–C) groups is 1. The molecule has 0 radical (unpaired) electrons. The van der Waals surface area contributed by atoms with E-state index in [0.29, 0.717) is 0 Å². The van der Waals surface area contributed by atoms with Gasteiger partial charge in [0, 0.05) is 20.0 Å². The Morgan fingerprint density at radius 2 is 2.04 bits per heavy atom. The van der Waals surface area contributed by atoms with E-state index in [1.54, 1.807) is 12.1 Å². The van der Waals surface area contributed by atoms with E-state index in [2.05, 4.69) is 15.0 Å². The van der Waals surface area contributed by atoms with Crippen LogP contribution in [0, 0.1) is 11.6 Å². The van der Waals surface area contributed by atoms with Gasteiger partial charge in [-0.05, 0) is 24.1 Å². The molecule has 1 saturated heterocycles. The van der Waals surface area contributed by atoms with Crippen LogP contribution in [0.25, 0.3) is 0 Å². The number of benzene rings is 1. The van der Waals surface area contributed by atoms with Crippen molar-refractivity contribution in [2.75, 3.05) is 13.6 Å². The zero-order chi connectivity index (χ0) is 16.2. The summed E-state index contributed by atoms with van der Waals surface area (Å²) in [5, 5.41) is 0. The number of nitrogens with zero attached hydrogens (tertiary/aromatic N) is 4. The van der Waals surface area contributed by atoms with Gasteiger partial charge in [0.2, 0.25) is 0 Å². The third-order valence-electron chi connectivity index (χ3n) is 3.55. The Kier molecular flexibility index (Phi) is 4.45. The van der Waals surface area contributed by atoms with Gasteiger partial charge in [-0.1, -0.05) is 12.1 Å². The summed E-state index contributed by atoms with van der Waals surface area (Å²) >= 11 is 0. The molecular formula is C16H16F2N4O. The lowest BCUT2D eigenvalue weighted by Crippen LogP contribution is -2.18. The van der Waals surface area contributed by atoms with Gasteiger partial charge in [-0.15, -0.1) is 0 Å². The van der Waals surface area contributed by atoms with Crippen molar-refractivity contribution in [3.05, 3.63) is 47.7 Å². The Hall–Kier alpha value is -2.57. The summed E-state index contributed by atoms with van der Waals surface area (Å²) in [6.07, 6.45) is 2.84. The maximum absolute atomic E-state index is 13.8. The van der Waals surface area contributed by atoms with Crippen molar-refractivity contribution in [3.63, 3.8) is 0 Å². The highest BCUT2D eigenvalue weighted by molar-refractivity contribution is 5.85. The van der Waals surface area contributed by atoms with E-state index in [1.165, 1.54) is 12.1 Å². The SMILES string of the molecule is CN1CCC/C1=N\c1nc(OCc2ccc(F)cc2)ncc1F. The normalized spacial score (nSPS) is 16.1. The fourth-order valence-corrected chi connectivity index (χ4v) is 2.28. The molecule has 7 heteroatoms. The topological polar surface area (TPSA) is 50.6 Å². The first-order valence-electron chi connectivity index (χ1n) is 7.30. The molecule has 0 saturated carbocycles. The molecule has 1 aromatic carbocycles. The predicted octanol–water partition coefficient (Wildman–Crippen LogP) is 3.09. The van der Waals surface area contributed by atoms with Gasteiger partial charge in [-0.25, -0.2) is 18.8 Å². The summed E-state index contributed by atoms with van der Waals surface area (Å²) in [6, 6.07) is 5.94. The summed E-state index contributed by atoms with van der Waals surface area (Å²) in [5.74, 6) is -0.137. The molecule has 0 aliphatic carbocycles. The second-order valence-electron chi connectivity index (χ2n) is 5.29. The largest absolute Gasteiger partial charge is 0.459 e. The van der Waals surface area contributed by atoms with E-state index >= 15 is 0 Å². The Morgan fingerprint density at radius 3 is 2.74 bits per heavy atom. The minimum Gasteiger partial charge on any atom is -0.459 e. The number of hydrogen-bond donors (Lipinski definition) is 0. The van der Waals surface area contributed by atoms with Crippen molar-refractivity contribution in [1.82, 2.24) is 14.9 Å². The van der Waals surface area contributed by atoms with Crippen molar-refractivity contribution < 1.29 is 13.5 Å². The zero-order valence-corrected chi connectivity index (χ0v) is 12.7. The molecule has 0 unspecified atom stereocenters. The third kappa shape index (κ3) is 3.80. The van der Waals surface area contributed by atoms with Crippen LogP contribution in [-0.4, -0.2) is 34.3 Å². The van der Waals surface area contributed by atoms with Crippen LogP contribution in [0.2, 0.25) is 0 Å². The molecule has 1 aromatic heterocycles. The van der Waals surface area contributed by atoms with Crippen LogP contribution in [0.4, 0.5) is 14.6 Å². The quantitative estimate of drug-likeness (QED) is 0.869. The van der Waals surface area contributed by atoms with E-state index in [1.807, 2.05) is 11.9 Å². The molecule has 0 atom stereocenters. The van der Waals surface area contributed by atoms with Crippen molar-refractivity contribution in [2.45, 2.75) is 19.4 Å². The minimum absolute atomic E-state index is 0.0298. The van der Waals surface area contributed by atoms with Crippen molar-refractivity contribution in [1.29, 1.82) is 0 Å². The molecular weight excluding hydrogens is 302 g/mol. The van der Waals surface area contributed by atoms with E-state index < -0.39 is 5.82 Å². The molecule has 3 rings (SSSR count). The smallest absolute Gasteiger partial charge is 0.318 e. The summed E-state index contributed by atoms with van der Waals surface area (Å²) in [6.45, 7) is 1.07. The number of halogens is 2. The van der Waals surface area contributed by atoms with E-state index in [4.69, 9.17) is 4.74 Å². The minimum atomic E-state index is -0.591. The number of rotatable bonds is 4. The lowest BCUT2D eigenvalue weighted by atomic mass is 10.2. The summed E-state index contributed by atoms with van der Waals surface area (Å²) < 4.78 is 32.1. The van der Waals surface area contributed by atoms with Gasteiger partial charge in [0.25, 0.3) is 0 Å². The molecule has 1 aliphatic heterocycles. The van der Waals surface area contributed by atoms with E-state index in [9.17, 15) is 8.78 Å². The van der Waals surface area contributed by atoms with Crippen molar-refractivity contribution in [2.24, 2.45) is 4.99 Å². The first-order valence-corrected chi connectivity index (χ1v) is 7.30. The Labute approximate surface area is 132 Å². The fraction of sp³-hybridized carbons (Fsp3) is 0.312. The molecule has 1 fully saturated rings. The van der Waals surface area contributed by atoms with Crippen LogP contribution in [0.15, 0.2) is 35.5 Å². The first kappa shape index (κ1) is 15.3. The van der Waals surface area contributed by atoms with Crippen LogP contribution >= 0.6 is 0 Å². The number of ether oxygens (including phenoxy) is 1. The fourth-order valence-electron chi connectivity index (χ4n) is 2.28. The van der Waals surface area contributed by atoms with Gasteiger partial charge >= 0.3 is 6.01 Å². The number of aromatic nitrogens is 2. The maximum Gasteiger partial charge on any atom is 0.318 e. The lowest BCUT2D eigenvalue weighted by molar-refractivity contribution is 0.279. The Morgan fingerprint density at radius 1 is 1.26 bits per heavy atom. The molecule has 0 bridgehead atoms. The van der Waals surface area contributed by atoms with Gasteiger partial charge < -0.3 is 9.64 Å². The average Bonchev–Trinajstić information content (AvgIpc) is 2.95. The van der Waals surface area contributed by atoms with Crippen LogP contribution in [-0.2, 0) is 6.61 Å². The Bertz CT molecular complexity index is 719. The van der Waals surface area contributed by atoms with E-state index in [0.717, 1.165) is 37.0 Å². The molecule has 0 spiro atoms. The highest BCUT2D eigenvalue weighted by Crippen LogP contribution is 2.20. The van der Waals surface area contributed by atoms with Gasteiger partial charge in [0.1, 0.15) is 18.3 Å². The molecule has 1 aliphatic rings. The van der Waals surface area contributed by atoms with Crippen LogP contribution in [0.3, 0.4) is 0 Å². The van der Waals surface area contributed by atoms with Gasteiger partial charge in [-0.3, -0.25) is 0 Å². The summed E-state index contributed by atoms with van der Waals surface area (Å²) in [5.41, 5.74) is 0.766. The summed E-state index contributed by atoms with van der Waals surface area (Å²) in [4.78, 5) is 14.0. The predicted molar refractivity (Wildman–Crippen MR) is 81.7 cm³/mol. The lowest BCUT2D eigenvalue weighted by Gasteiger charge is -2.11. The maximum atomic E-state index is 13.8. The number of likely N-dealkylation sites (tertiary alicyclic amines) is 1. The average molecular weight is 318 g/mol. The molecule has 2 aromatic rings. The second kappa shape index (κ2) is 6.68. The molecule has 0 amide bonds.